The van der Waals surface area contributed by atoms with Crippen LogP contribution >= 0.6 is 0 Å². The first-order valence-electron chi connectivity index (χ1n) is 8.46. The summed E-state index contributed by atoms with van der Waals surface area (Å²) in [7, 11) is 2.08. The number of imidazole rings is 1. The molecule has 6 nitrogen and oxygen atoms in total. The predicted octanol–water partition coefficient (Wildman–Crippen LogP) is 2.38. The Morgan fingerprint density at radius 2 is 2.08 bits per heavy atom. The van der Waals surface area contributed by atoms with E-state index >= 15 is 0 Å². The maximum absolute atomic E-state index is 4.53. The van der Waals surface area contributed by atoms with Crippen LogP contribution in [0.5, 0.6) is 0 Å². The SMILES string of the molecule is Cn1ccnc1[C@H]1CCCN(Cc2cn(-c3ccccc3)nn2)C1. The molecular weight excluding hydrogens is 300 g/mol. The van der Waals surface area contributed by atoms with Crippen molar-refractivity contribution >= 4 is 0 Å². The van der Waals surface area contributed by atoms with Gasteiger partial charge in [-0.15, -0.1) is 5.10 Å². The molecule has 24 heavy (non-hydrogen) atoms. The second kappa shape index (κ2) is 6.57. The highest BCUT2D eigenvalue weighted by Crippen LogP contribution is 2.26. The molecule has 3 heterocycles. The fourth-order valence-electron chi connectivity index (χ4n) is 3.49. The molecule has 0 N–H and O–H groups in total. The van der Waals surface area contributed by atoms with Gasteiger partial charge in [0.05, 0.1) is 17.6 Å². The summed E-state index contributed by atoms with van der Waals surface area (Å²) in [6, 6.07) is 10.1. The highest BCUT2D eigenvalue weighted by atomic mass is 15.4. The Balaban J connectivity index is 1.44. The lowest BCUT2D eigenvalue weighted by Crippen LogP contribution is -2.34. The highest BCUT2D eigenvalue weighted by molar-refractivity contribution is 5.29. The monoisotopic (exact) mass is 322 g/mol. The maximum atomic E-state index is 4.53. The number of para-hydroxylation sites is 1. The zero-order valence-electron chi connectivity index (χ0n) is 13.9. The average molecular weight is 322 g/mol. The largest absolute Gasteiger partial charge is 0.338 e. The topological polar surface area (TPSA) is 51.8 Å². The molecule has 0 unspecified atom stereocenters. The number of aryl methyl sites for hydroxylation is 1. The highest BCUT2D eigenvalue weighted by Gasteiger charge is 2.24. The van der Waals surface area contributed by atoms with Crippen LogP contribution in [-0.2, 0) is 13.6 Å². The number of rotatable bonds is 4. The van der Waals surface area contributed by atoms with E-state index in [9.17, 15) is 0 Å². The number of likely N-dealkylation sites (tertiary alicyclic amines) is 1. The summed E-state index contributed by atoms with van der Waals surface area (Å²) in [5.41, 5.74) is 2.06. The van der Waals surface area contributed by atoms with Gasteiger partial charge in [0.1, 0.15) is 5.82 Å². The van der Waals surface area contributed by atoms with Gasteiger partial charge in [-0.2, -0.15) is 0 Å². The number of benzene rings is 1. The number of aromatic nitrogens is 5. The van der Waals surface area contributed by atoms with Crippen molar-refractivity contribution in [3.63, 3.8) is 0 Å². The summed E-state index contributed by atoms with van der Waals surface area (Å²) in [4.78, 5) is 6.99. The van der Waals surface area contributed by atoms with Crippen LogP contribution in [0.25, 0.3) is 5.69 Å². The van der Waals surface area contributed by atoms with Crippen molar-refractivity contribution in [2.45, 2.75) is 25.3 Å². The molecule has 3 aromatic rings. The molecule has 1 aromatic carbocycles. The predicted molar refractivity (Wildman–Crippen MR) is 91.8 cm³/mol. The van der Waals surface area contributed by atoms with Crippen molar-refractivity contribution in [1.29, 1.82) is 0 Å². The third kappa shape index (κ3) is 3.10. The van der Waals surface area contributed by atoms with Crippen LogP contribution < -0.4 is 0 Å². The first kappa shape index (κ1) is 15.1. The molecule has 0 radical (unpaired) electrons. The molecule has 1 fully saturated rings. The minimum Gasteiger partial charge on any atom is -0.338 e. The van der Waals surface area contributed by atoms with E-state index in [2.05, 4.69) is 31.8 Å². The van der Waals surface area contributed by atoms with Gasteiger partial charge in [0.2, 0.25) is 0 Å². The molecule has 0 amide bonds. The van der Waals surface area contributed by atoms with Crippen LogP contribution in [0.15, 0.2) is 48.9 Å². The van der Waals surface area contributed by atoms with E-state index in [-0.39, 0.29) is 0 Å². The van der Waals surface area contributed by atoms with Gasteiger partial charge in [0, 0.05) is 38.4 Å². The van der Waals surface area contributed by atoms with E-state index in [1.807, 2.05) is 53.6 Å². The molecule has 0 spiro atoms. The molecule has 0 saturated carbocycles. The second-order valence-corrected chi connectivity index (χ2v) is 6.46. The Labute approximate surface area is 141 Å². The van der Waals surface area contributed by atoms with Crippen molar-refractivity contribution in [1.82, 2.24) is 29.4 Å². The van der Waals surface area contributed by atoms with Gasteiger partial charge >= 0.3 is 0 Å². The van der Waals surface area contributed by atoms with Gasteiger partial charge in [-0.3, -0.25) is 4.90 Å². The third-order valence-corrected chi connectivity index (χ3v) is 4.68. The zero-order chi connectivity index (χ0) is 16.4. The van der Waals surface area contributed by atoms with Gasteiger partial charge in [-0.05, 0) is 31.5 Å². The van der Waals surface area contributed by atoms with Gasteiger partial charge in [0.25, 0.3) is 0 Å². The number of nitrogens with zero attached hydrogens (tertiary/aromatic N) is 6. The zero-order valence-corrected chi connectivity index (χ0v) is 13.9. The van der Waals surface area contributed by atoms with E-state index in [4.69, 9.17) is 0 Å². The van der Waals surface area contributed by atoms with Crippen molar-refractivity contribution in [3.05, 3.63) is 60.4 Å². The number of hydrogen-bond donors (Lipinski definition) is 0. The Hall–Kier alpha value is -2.47. The fraction of sp³-hybridized carbons (Fsp3) is 0.389. The molecule has 6 heteroatoms. The molecule has 1 aliphatic rings. The van der Waals surface area contributed by atoms with E-state index in [1.54, 1.807) is 0 Å². The second-order valence-electron chi connectivity index (χ2n) is 6.46. The number of hydrogen-bond acceptors (Lipinski definition) is 4. The van der Waals surface area contributed by atoms with Crippen LogP contribution in [0.4, 0.5) is 0 Å². The van der Waals surface area contributed by atoms with Crippen molar-refractivity contribution in [2.24, 2.45) is 7.05 Å². The molecule has 1 aliphatic heterocycles. The summed E-state index contributed by atoms with van der Waals surface area (Å²) in [5.74, 6) is 1.69. The van der Waals surface area contributed by atoms with Crippen molar-refractivity contribution < 1.29 is 0 Å². The molecule has 4 rings (SSSR count). The standard InChI is InChI=1S/C18H22N6/c1-22-11-9-19-18(22)15-6-5-10-23(12-15)13-16-14-24(21-20-16)17-7-3-2-4-8-17/h2-4,7-9,11,14-15H,5-6,10,12-13H2,1H3/t15-/m0/s1. The quantitative estimate of drug-likeness (QED) is 0.740. The first-order valence-corrected chi connectivity index (χ1v) is 8.46. The molecular formula is C18H22N6. The summed E-state index contributed by atoms with van der Waals surface area (Å²) >= 11 is 0. The molecule has 1 atom stereocenters. The summed E-state index contributed by atoms with van der Waals surface area (Å²) < 4.78 is 3.98. The molecule has 0 aliphatic carbocycles. The molecule has 1 saturated heterocycles. The smallest absolute Gasteiger partial charge is 0.112 e. The maximum Gasteiger partial charge on any atom is 0.112 e. The van der Waals surface area contributed by atoms with Crippen LogP contribution in [0, 0.1) is 0 Å². The molecule has 124 valence electrons. The lowest BCUT2D eigenvalue weighted by atomic mass is 9.97. The number of piperidine rings is 1. The van der Waals surface area contributed by atoms with Gasteiger partial charge in [-0.25, -0.2) is 9.67 Å². The summed E-state index contributed by atoms with van der Waals surface area (Å²) in [6.07, 6.45) is 8.35. The third-order valence-electron chi connectivity index (χ3n) is 4.68. The minimum atomic E-state index is 0.503. The summed E-state index contributed by atoms with van der Waals surface area (Å²) in [6.45, 7) is 2.98. The van der Waals surface area contributed by atoms with Crippen LogP contribution in [0.3, 0.4) is 0 Å². The Kier molecular flexibility index (Phi) is 4.13. The summed E-state index contributed by atoms with van der Waals surface area (Å²) in [5, 5.41) is 8.60. The lowest BCUT2D eigenvalue weighted by Gasteiger charge is -2.31. The van der Waals surface area contributed by atoms with Crippen molar-refractivity contribution in [2.75, 3.05) is 13.1 Å². The van der Waals surface area contributed by atoms with E-state index < -0.39 is 0 Å². The van der Waals surface area contributed by atoms with E-state index in [0.717, 1.165) is 31.0 Å². The van der Waals surface area contributed by atoms with E-state index in [0.29, 0.717) is 5.92 Å². The average Bonchev–Trinajstić information content (AvgIpc) is 3.25. The lowest BCUT2D eigenvalue weighted by molar-refractivity contribution is 0.193. The van der Waals surface area contributed by atoms with Gasteiger partial charge in [-0.1, -0.05) is 23.4 Å². The molecule has 2 aromatic heterocycles. The minimum absolute atomic E-state index is 0.503. The Bertz CT molecular complexity index is 791. The molecule has 0 bridgehead atoms. The van der Waals surface area contributed by atoms with Gasteiger partial charge < -0.3 is 4.57 Å². The normalized spacial score (nSPS) is 18.8. The Morgan fingerprint density at radius 1 is 1.21 bits per heavy atom. The van der Waals surface area contributed by atoms with Gasteiger partial charge in [0.15, 0.2) is 0 Å². The van der Waals surface area contributed by atoms with Crippen LogP contribution in [-0.4, -0.2) is 42.5 Å². The fourth-order valence-corrected chi connectivity index (χ4v) is 3.49. The van der Waals surface area contributed by atoms with Crippen molar-refractivity contribution in [3.8, 4) is 5.69 Å². The van der Waals surface area contributed by atoms with Crippen LogP contribution in [0.1, 0.15) is 30.3 Å². The first-order chi connectivity index (χ1) is 11.8. The Morgan fingerprint density at radius 3 is 2.88 bits per heavy atom. The van der Waals surface area contributed by atoms with E-state index in [1.165, 1.54) is 18.7 Å². The van der Waals surface area contributed by atoms with Crippen LogP contribution in [0.2, 0.25) is 0 Å².